The van der Waals surface area contributed by atoms with Crippen LogP contribution in [0.25, 0.3) is 0 Å². The maximum absolute atomic E-state index is 12.7. The lowest BCUT2D eigenvalue weighted by atomic mass is 9.99. The van der Waals surface area contributed by atoms with E-state index in [1.165, 1.54) is 18.1 Å². The third kappa shape index (κ3) is 2.88. The molecule has 8 heteroatoms. The van der Waals surface area contributed by atoms with E-state index >= 15 is 0 Å². The molecule has 2 fully saturated rings. The van der Waals surface area contributed by atoms with Gasteiger partial charge in [-0.2, -0.15) is 5.10 Å². The zero-order valence-electron chi connectivity index (χ0n) is 12.5. The van der Waals surface area contributed by atoms with Gasteiger partial charge in [0.15, 0.2) is 10.9 Å². The van der Waals surface area contributed by atoms with E-state index in [0.717, 1.165) is 23.8 Å². The van der Waals surface area contributed by atoms with Crippen molar-refractivity contribution in [2.45, 2.75) is 54.8 Å². The Labute approximate surface area is 137 Å². The van der Waals surface area contributed by atoms with Crippen LogP contribution in [0.2, 0.25) is 0 Å². The number of fused-ring (bicyclic) bond motifs is 2. The maximum Gasteiger partial charge on any atom is 0.290 e. The van der Waals surface area contributed by atoms with E-state index < -0.39 is 0 Å². The number of aliphatic hydroxyl groups is 1. The van der Waals surface area contributed by atoms with Crippen molar-refractivity contribution < 1.29 is 14.3 Å². The number of nitrogens with zero attached hydrogens (tertiary/aromatic N) is 3. The molecule has 0 radical (unpaired) electrons. The molecule has 0 saturated carbocycles. The predicted molar refractivity (Wildman–Crippen MR) is 82.9 cm³/mol. The van der Waals surface area contributed by atoms with Gasteiger partial charge in [-0.25, -0.2) is 4.98 Å². The summed E-state index contributed by atoms with van der Waals surface area (Å²) in [6.45, 7) is 0. The van der Waals surface area contributed by atoms with Gasteiger partial charge < -0.3 is 14.4 Å². The van der Waals surface area contributed by atoms with E-state index in [2.05, 4.69) is 15.2 Å². The Morgan fingerprint density at radius 2 is 2.17 bits per heavy atom. The van der Waals surface area contributed by atoms with E-state index in [0.29, 0.717) is 24.4 Å². The summed E-state index contributed by atoms with van der Waals surface area (Å²) in [5.74, 6) is 1.65. The quantitative estimate of drug-likeness (QED) is 0.828. The summed E-state index contributed by atoms with van der Waals surface area (Å²) in [7, 11) is 0. The Balaban J connectivity index is 1.43. The molecule has 2 aliphatic rings. The fraction of sp³-hybridized carbons (Fsp3) is 0.533. The number of hydrogen-bond donors (Lipinski definition) is 2. The summed E-state index contributed by atoms with van der Waals surface area (Å²) in [6.07, 6.45) is 4.49. The highest BCUT2D eigenvalue weighted by Crippen LogP contribution is 2.37. The zero-order chi connectivity index (χ0) is 15.8. The number of piperidine rings is 1. The number of furan rings is 1. The largest absolute Gasteiger partial charge is 0.455 e. The number of rotatable bonds is 4. The summed E-state index contributed by atoms with van der Waals surface area (Å²) in [5, 5.41) is 17.1. The van der Waals surface area contributed by atoms with Crippen molar-refractivity contribution in [3.05, 3.63) is 30.0 Å². The molecule has 4 rings (SSSR count). The Bertz CT molecular complexity index is 673. The van der Waals surface area contributed by atoms with E-state index in [-0.39, 0.29) is 24.1 Å². The van der Waals surface area contributed by atoms with Crippen molar-refractivity contribution in [3.8, 4) is 0 Å². The Morgan fingerprint density at radius 3 is 2.87 bits per heavy atom. The Kier molecular flexibility index (Phi) is 3.86. The number of aromatic nitrogens is 3. The van der Waals surface area contributed by atoms with Gasteiger partial charge in [0, 0.05) is 12.1 Å². The van der Waals surface area contributed by atoms with Gasteiger partial charge in [0.05, 0.1) is 11.9 Å². The highest BCUT2D eigenvalue weighted by Gasteiger charge is 2.43. The molecule has 2 N–H and O–H groups in total. The normalized spacial score (nSPS) is 26.7. The number of nitrogens with one attached hydrogen (secondary N) is 1. The van der Waals surface area contributed by atoms with Crippen LogP contribution in [-0.2, 0) is 5.75 Å². The first kappa shape index (κ1) is 14.8. The first-order valence-corrected chi connectivity index (χ1v) is 8.77. The van der Waals surface area contributed by atoms with Crippen molar-refractivity contribution in [2.75, 3.05) is 0 Å². The van der Waals surface area contributed by atoms with Gasteiger partial charge in [0.1, 0.15) is 12.1 Å². The number of aliphatic hydroxyl groups excluding tert-OH is 1. The molecule has 2 aromatic rings. The molecule has 1 unspecified atom stereocenters. The first-order chi connectivity index (χ1) is 11.2. The molecule has 2 bridgehead atoms. The lowest BCUT2D eigenvalue weighted by molar-refractivity contribution is 0.0263. The SMILES string of the molecule is O=C(c1ccc(CSc2ncn[nH]2)o1)N1[C@@H]2CC[C@H]1CC(O)C2. The summed E-state index contributed by atoms with van der Waals surface area (Å²) >= 11 is 1.47. The average Bonchev–Trinajstić information content (AvgIpc) is 3.25. The number of carbonyl (C=O) groups excluding carboxylic acids is 1. The van der Waals surface area contributed by atoms with Crippen molar-refractivity contribution in [2.24, 2.45) is 0 Å². The molecular weight excluding hydrogens is 316 g/mol. The summed E-state index contributed by atoms with van der Waals surface area (Å²) in [5.41, 5.74) is 0. The van der Waals surface area contributed by atoms with Crippen molar-refractivity contribution >= 4 is 17.7 Å². The van der Waals surface area contributed by atoms with Crippen LogP contribution >= 0.6 is 11.8 Å². The van der Waals surface area contributed by atoms with Gasteiger partial charge in [-0.15, -0.1) is 0 Å². The number of H-pyrrole nitrogens is 1. The number of carbonyl (C=O) groups is 1. The van der Waals surface area contributed by atoms with Crippen LogP contribution in [0.4, 0.5) is 0 Å². The van der Waals surface area contributed by atoms with Crippen LogP contribution in [0.15, 0.2) is 28.0 Å². The molecule has 23 heavy (non-hydrogen) atoms. The Morgan fingerprint density at radius 1 is 1.39 bits per heavy atom. The monoisotopic (exact) mass is 334 g/mol. The average molecular weight is 334 g/mol. The number of thioether (sulfide) groups is 1. The van der Waals surface area contributed by atoms with Gasteiger partial charge in [0.25, 0.3) is 5.91 Å². The molecule has 2 aromatic heterocycles. The van der Waals surface area contributed by atoms with Crippen molar-refractivity contribution in [1.82, 2.24) is 20.1 Å². The van der Waals surface area contributed by atoms with Gasteiger partial charge in [-0.1, -0.05) is 11.8 Å². The van der Waals surface area contributed by atoms with Crippen LogP contribution in [0.1, 0.15) is 42.0 Å². The van der Waals surface area contributed by atoms with Gasteiger partial charge in [-0.05, 0) is 37.8 Å². The molecule has 0 aliphatic carbocycles. The molecule has 7 nitrogen and oxygen atoms in total. The minimum absolute atomic E-state index is 0.0553. The van der Waals surface area contributed by atoms with Gasteiger partial charge in [0.2, 0.25) is 0 Å². The standard InChI is InChI=1S/C15H18N4O3S/c20-11-5-9-1-2-10(6-11)19(9)14(21)13-4-3-12(22-13)7-23-15-16-8-17-18-15/h3-4,8-11,20H,1-2,5-7H2,(H,16,17,18)/t9-,10+,11?. The van der Waals surface area contributed by atoms with Gasteiger partial charge >= 0.3 is 0 Å². The van der Waals surface area contributed by atoms with E-state index in [1.54, 1.807) is 6.07 Å². The minimum atomic E-state index is -0.276. The van der Waals surface area contributed by atoms with E-state index in [9.17, 15) is 9.90 Å². The van der Waals surface area contributed by atoms with E-state index in [4.69, 9.17) is 4.42 Å². The molecule has 4 heterocycles. The molecule has 3 atom stereocenters. The maximum atomic E-state index is 12.7. The second kappa shape index (κ2) is 6.01. The first-order valence-electron chi connectivity index (χ1n) is 7.78. The molecular formula is C15H18N4O3S. The number of amides is 1. The van der Waals surface area contributed by atoms with E-state index in [1.807, 2.05) is 11.0 Å². The number of aromatic amines is 1. The molecule has 1 amide bonds. The van der Waals surface area contributed by atoms with Crippen LogP contribution in [0, 0.1) is 0 Å². The minimum Gasteiger partial charge on any atom is -0.455 e. The topological polar surface area (TPSA) is 95.2 Å². The van der Waals surface area contributed by atoms with Crippen LogP contribution in [0.5, 0.6) is 0 Å². The molecule has 2 aliphatic heterocycles. The lowest BCUT2D eigenvalue weighted by Gasteiger charge is -2.36. The lowest BCUT2D eigenvalue weighted by Crippen LogP contribution is -2.47. The van der Waals surface area contributed by atoms with Crippen molar-refractivity contribution in [1.29, 1.82) is 0 Å². The number of hydrogen-bond acceptors (Lipinski definition) is 6. The Hall–Kier alpha value is -1.80. The highest BCUT2D eigenvalue weighted by atomic mass is 32.2. The molecule has 122 valence electrons. The van der Waals surface area contributed by atoms with Crippen LogP contribution in [-0.4, -0.2) is 49.3 Å². The summed E-state index contributed by atoms with van der Waals surface area (Å²) < 4.78 is 5.71. The second-order valence-electron chi connectivity index (χ2n) is 6.07. The highest BCUT2D eigenvalue weighted by molar-refractivity contribution is 7.98. The fourth-order valence-electron chi connectivity index (χ4n) is 3.58. The fourth-order valence-corrected chi connectivity index (χ4v) is 4.25. The van der Waals surface area contributed by atoms with Crippen LogP contribution in [0.3, 0.4) is 0 Å². The van der Waals surface area contributed by atoms with Crippen molar-refractivity contribution in [3.63, 3.8) is 0 Å². The zero-order valence-corrected chi connectivity index (χ0v) is 13.3. The van der Waals surface area contributed by atoms with Crippen LogP contribution < -0.4 is 0 Å². The third-order valence-electron chi connectivity index (χ3n) is 4.56. The van der Waals surface area contributed by atoms with Gasteiger partial charge in [-0.3, -0.25) is 9.89 Å². The molecule has 0 aromatic carbocycles. The molecule has 0 spiro atoms. The molecule has 2 saturated heterocycles. The summed E-state index contributed by atoms with van der Waals surface area (Å²) in [6, 6.07) is 3.86. The second-order valence-corrected chi connectivity index (χ2v) is 7.03. The predicted octanol–water partition coefficient (Wildman–Crippen LogP) is 1.82. The summed E-state index contributed by atoms with van der Waals surface area (Å²) in [4.78, 5) is 18.7. The third-order valence-corrected chi connectivity index (χ3v) is 5.46. The smallest absolute Gasteiger partial charge is 0.290 e.